The van der Waals surface area contributed by atoms with Crippen LogP contribution in [-0.2, 0) is 38.5 Å². The summed E-state index contributed by atoms with van der Waals surface area (Å²) in [5, 5.41) is 2.85. The Hall–Kier alpha value is -4.53. The lowest BCUT2D eigenvalue weighted by Crippen LogP contribution is -2.54. The summed E-state index contributed by atoms with van der Waals surface area (Å²) in [6, 6.07) is 19.8. The van der Waals surface area contributed by atoms with Crippen LogP contribution in [0.2, 0.25) is 0 Å². The number of fused-ring (bicyclic) bond motifs is 7. The van der Waals surface area contributed by atoms with E-state index in [1.54, 1.807) is 58.2 Å². The van der Waals surface area contributed by atoms with Gasteiger partial charge in [-0.2, -0.15) is 0 Å². The number of nitrogens with zero attached hydrogens (tertiary/aromatic N) is 1. The van der Waals surface area contributed by atoms with Crippen LogP contribution in [0.15, 0.2) is 72.8 Å². The standard InChI is InChI=1S/C32H36N2O7/c1-32(2,3)41-31(37)34(4)26-18-21-11-14-24(15-12-21)40-28-19-23(13-16-27(28)38-5)17-25(33-29(26)35)30(36)39-20-22-9-7-6-8-10-22/h6-16,19,25-26H,17-18,20H2,1-5H3,(H,33,35). The first kappa shape index (κ1) is 29.5. The molecule has 3 aromatic carbocycles. The molecule has 2 heterocycles. The molecular weight excluding hydrogens is 524 g/mol. The molecule has 9 nitrogen and oxygen atoms in total. The van der Waals surface area contributed by atoms with E-state index < -0.39 is 35.7 Å². The van der Waals surface area contributed by atoms with Gasteiger partial charge in [-0.15, -0.1) is 0 Å². The average Bonchev–Trinajstić information content (AvgIpc) is 2.94. The molecule has 0 saturated carbocycles. The molecule has 9 heteroatoms. The van der Waals surface area contributed by atoms with Gasteiger partial charge in [0.05, 0.1) is 7.11 Å². The molecular formula is C32H36N2O7. The first-order chi connectivity index (χ1) is 19.5. The quantitative estimate of drug-likeness (QED) is 0.436. The third kappa shape index (κ3) is 8.00. The van der Waals surface area contributed by atoms with Crippen LogP contribution in [0.25, 0.3) is 0 Å². The second-order valence-electron chi connectivity index (χ2n) is 10.9. The second kappa shape index (κ2) is 12.8. The number of benzene rings is 3. The Balaban J connectivity index is 1.69. The number of carbonyl (C=O) groups excluding carboxylic acids is 3. The smallest absolute Gasteiger partial charge is 0.410 e. The summed E-state index contributed by atoms with van der Waals surface area (Å²) in [6.07, 6.45) is -0.343. The molecule has 2 amide bonds. The van der Waals surface area contributed by atoms with Gasteiger partial charge in [-0.05, 0) is 61.7 Å². The number of likely N-dealkylation sites (N-methyl/N-ethyl adjacent to an activating group) is 1. The summed E-state index contributed by atoms with van der Waals surface area (Å²) in [6.45, 7) is 5.32. The largest absolute Gasteiger partial charge is 0.493 e. The molecule has 41 heavy (non-hydrogen) atoms. The molecule has 216 valence electrons. The van der Waals surface area contributed by atoms with Crippen molar-refractivity contribution in [2.75, 3.05) is 14.2 Å². The fourth-order valence-electron chi connectivity index (χ4n) is 4.36. The molecule has 2 unspecified atom stereocenters. The topological polar surface area (TPSA) is 103 Å². The number of hydrogen-bond donors (Lipinski definition) is 1. The normalized spacial score (nSPS) is 17.0. The molecule has 0 aliphatic carbocycles. The van der Waals surface area contributed by atoms with Gasteiger partial charge in [0.25, 0.3) is 0 Å². The summed E-state index contributed by atoms with van der Waals surface area (Å²) >= 11 is 0. The number of nitrogens with one attached hydrogen (secondary N) is 1. The van der Waals surface area contributed by atoms with Crippen molar-refractivity contribution < 1.29 is 33.3 Å². The van der Waals surface area contributed by atoms with Crippen LogP contribution in [0, 0.1) is 0 Å². The first-order valence-electron chi connectivity index (χ1n) is 13.4. The molecule has 2 aliphatic rings. The number of carbonyl (C=O) groups is 3. The maximum absolute atomic E-state index is 13.8. The molecule has 2 aliphatic heterocycles. The highest BCUT2D eigenvalue weighted by Crippen LogP contribution is 2.33. The lowest BCUT2D eigenvalue weighted by molar-refractivity contribution is -0.149. The van der Waals surface area contributed by atoms with E-state index in [0.717, 1.165) is 11.1 Å². The van der Waals surface area contributed by atoms with Gasteiger partial charge in [-0.3, -0.25) is 9.69 Å². The van der Waals surface area contributed by atoms with Crippen LogP contribution < -0.4 is 14.8 Å². The van der Waals surface area contributed by atoms with Crippen LogP contribution >= 0.6 is 0 Å². The van der Waals surface area contributed by atoms with Crippen molar-refractivity contribution in [1.29, 1.82) is 0 Å². The summed E-state index contributed by atoms with van der Waals surface area (Å²) in [5.41, 5.74) is 1.57. The van der Waals surface area contributed by atoms with Gasteiger partial charge >= 0.3 is 12.1 Å². The van der Waals surface area contributed by atoms with E-state index in [9.17, 15) is 14.4 Å². The Bertz CT molecular complexity index is 1370. The number of rotatable bonds is 5. The van der Waals surface area contributed by atoms with Crippen LogP contribution in [-0.4, -0.2) is 54.7 Å². The molecule has 0 spiro atoms. The highest BCUT2D eigenvalue weighted by Gasteiger charge is 2.34. The third-order valence-corrected chi connectivity index (χ3v) is 6.52. The number of amides is 2. The molecule has 2 atom stereocenters. The zero-order valence-electron chi connectivity index (χ0n) is 24.0. The Kier molecular flexibility index (Phi) is 9.17. The number of ether oxygens (including phenoxy) is 4. The van der Waals surface area contributed by atoms with E-state index >= 15 is 0 Å². The van der Waals surface area contributed by atoms with Gasteiger partial charge in [0.1, 0.15) is 30.0 Å². The van der Waals surface area contributed by atoms with Crippen molar-refractivity contribution in [3.8, 4) is 17.2 Å². The Morgan fingerprint density at radius 2 is 1.66 bits per heavy atom. The monoisotopic (exact) mass is 560 g/mol. The molecule has 0 fully saturated rings. The van der Waals surface area contributed by atoms with E-state index in [1.165, 1.54) is 11.9 Å². The maximum Gasteiger partial charge on any atom is 0.410 e. The Morgan fingerprint density at radius 1 is 0.976 bits per heavy atom. The molecule has 1 N–H and O–H groups in total. The molecule has 0 aromatic heterocycles. The summed E-state index contributed by atoms with van der Waals surface area (Å²) < 4.78 is 22.7. The lowest BCUT2D eigenvalue weighted by atomic mass is 10.0. The Labute approximate surface area is 240 Å². The van der Waals surface area contributed by atoms with Crippen molar-refractivity contribution in [3.05, 3.63) is 89.5 Å². The third-order valence-electron chi connectivity index (χ3n) is 6.52. The van der Waals surface area contributed by atoms with Crippen molar-refractivity contribution >= 4 is 18.0 Å². The lowest BCUT2D eigenvalue weighted by Gasteiger charge is -2.31. The van der Waals surface area contributed by atoms with Crippen LogP contribution in [0.4, 0.5) is 4.79 Å². The second-order valence-corrected chi connectivity index (χ2v) is 10.9. The summed E-state index contributed by atoms with van der Waals surface area (Å²) in [4.78, 5) is 41.4. The fraction of sp³-hybridized carbons (Fsp3) is 0.344. The van der Waals surface area contributed by atoms with Crippen LogP contribution in [0.1, 0.15) is 37.5 Å². The van der Waals surface area contributed by atoms with Crippen molar-refractivity contribution in [3.63, 3.8) is 0 Å². The molecule has 0 radical (unpaired) electrons. The van der Waals surface area contributed by atoms with Gasteiger partial charge < -0.3 is 24.3 Å². The predicted octanol–water partition coefficient (Wildman–Crippen LogP) is 5.05. The van der Waals surface area contributed by atoms with Gasteiger partial charge in [-0.1, -0.05) is 48.5 Å². The first-order valence-corrected chi connectivity index (χ1v) is 13.4. The van der Waals surface area contributed by atoms with E-state index in [1.807, 2.05) is 42.5 Å². The molecule has 3 aromatic rings. The fourth-order valence-corrected chi connectivity index (χ4v) is 4.36. The number of hydrogen-bond acceptors (Lipinski definition) is 7. The molecule has 5 rings (SSSR count). The van der Waals surface area contributed by atoms with Gasteiger partial charge in [0.2, 0.25) is 5.91 Å². The minimum Gasteiger partial charge on any atom is -0.493 e. The van der Waals surface area contributed by atoms with E-state index in [0.29, 0.717) is 22.8 Å². The SMILES string of the molecule is COc1ccc2cc1Oc1ccc(cc1)CC(N(C)C(=O)OC(C)(C)C)C(=O)NC(C(=O)OCc1ccccc1)C2. The summed E-state index contributed by atoms with van der Waals surface area (Å²) in [5.74, 6) is 0.457. The maximum atomic E-state index is 13.8. The minimum atomic E-state index is -1.04. The zero-order chi connectivity index (χ0) is 29.6. The van der Waals surface area contributed by atoms with E-state index in [-0.39, 0.29) is 19.4 Å². The van der Waals surface area contributed by atoms with Crippen LogP contribution in [0.3, 0.4) is 0 Å². The highest BCUT2D eigenvalue weighted by molar-refractivity contribution is 5.90. The Morgan fingerprint density at radius 3 is 2.32 bits per heavy atom. The zero-order valence-corrected chi connectivity index (χ0v) is 24.0. The van der Waals surface area contributed by atoms with Gasteiger partial charge in [0, 0.05) is 19.9 Å². The molecule has 0 saturated heterocycles. The van der Waals surface area contributed by atoms with Crippen LogP contribution in [0.5, 0.6) is 17.2 Å². The number of methoxy groups -OCH3 is 1. The van der Waals surface area contributed by atoms with Gasteiger partial charge in [0.15, 0.2) is 11.5 Å². The average molecular weight is 561 g/mol. The summed E-state index contributed by atoms with van der Waals surface area (Å²) in [7, 11) is 3.06. The predicted molar refractivity (Wildman–Crippen MR) is 153 cm³/mol. The van der Waals surface area contributed by atoms with Crippen molar-refractivity contribution in [2.45, 2.75) is 57.9 Å². The molecule has 4 bridgehead atoms. The number of esters is 1. The van der Waals surface area contributed by atoms with Crippen molar-refractivity contribution in [1.82, 2.24) is 10.2 Å². The highest BCUT2D eigenvalue weighted by atomic mass is 16.6. The van der Waals surface area contributed by atoms with Crippen molar-refractivity contribution in [2.24, 2.45) is 0 Å². The minimum absolute atomic E-state index is 0.0517. The van der Waals surface area contributed by atoms with E-state index in [2.05, 4.69) is 5.32 Å². The van der Waals surface area contributed by atoms with E-state index in [4.69, 9.17) is 18.9 Å². The van der Waals surface area contributed by atoms with Gasteiger partial charge in [-0.25, -0.2) is 9.59 Å².